The quantitative estimate of drug-likeness (QED) is 0.608. The first-order valence-electron chi connectivity index (χ1n) is 7.24. The molecule has 6 nitrogen and oxygen atoms in total. The number of ketones is 2. The Bertz CT molecular complexity index is 770. The first-order valence-corrected chi connectivity index (χ1v) is 7.24. The molecule has 3 rings (SSSR count). The van der Waals surface area contributed by atoms with Crippen molar-refractivity contribution in [2.45, 2.75) is 13.8 Å². The topological polar surface area (TPSA) is 80.8 Å². The minimum atomic E-state index is -2.13. The zero-order valence-electron chi connectivity index (χ0n) is 13.0. The summed E-state index contributed by atoms with van der Waals surface area (Å²) in [6, 6.07) is 6.22. The van der Waals surface area contributed by atoms with Crippen LogP contribution in [0.5, 0.6) is 0 Å². The Kier molecular flexibility index (Phi) is 3.21. The standard InChI is InChI=1S/C17H15NO5/c1-4-23-15(21)12-9(2)18(3)16(22)17(12)13(19)10-7-5-6-8-11(10)14(17)20/h5-8H,4H2,1-3H3. The van der Waals surface area contributed by atoms with Crippen LogP contribution in [-0.2, 0) is 14.3 Å². The molecule has 23 heavy (non-hydrogen) atoms. The van der Waals surface area contributed by atoms with E-state index in [1.807, 2.05) is 0 Å². The number of carbonyl (C=O) groups is 4. The van der Waals surface area contributed by atoms with Crippen LogP contribution >= 0.6 is 0 Å². The Labute approximate surface area is 132 Å². The number of hydrogen-bond donors (Lipinski definition) is 0. The Hall–Kier alpha value is -2.76. The van der Waals surface area contributed by atoms with Crippen molar-refractivity contribution in [1.82, 2.24) is 4.90 Å². The normalized spacial score (nSPS) is 18.9. The molecule has 0 fully saturated rings. The van der Waals surface area contributed by atoms with E-state index in [0.717, 1.165) is 0 Å². The van der Waals surface area contributed by atoms with Crippen LogP contribution in [0.25, 0.3) is 0 Å². The SMILES string of the molecule is CCOC(=O)C1=C(C)N(C)C(=O)C12C(=O)c1ccccc1C2=O. The zero-order chi connectivity index (χ0) is 16.9. The summed E-state index contributed by atoms with van der Waals surface area (Å²) in [6.45, 7) is 3.23. The van der Waals surface area contributed by atoms with E-state index < -0.39 is 28.9 Å². The van der Waals surface area contributed by atoms with Gasteiger partial charge in [0.05, 0.1) is 12.2 Å². The summed E-state index contributed by atoms with van der Waals surface area (Å²) in [5.74, 6) is -2.83. The summed E-state index contributed by atoms with van der Waals surface area (Å²) in [5, 5.41) is 0. The molecule has 1 aliphatic heterocycles. The van der Waals surface area contributed by atoms with Crippen molar-refractivity contribution in [3.63, 3.8) is 0 Å². The molecule has 1 spiro atoms. The van der Waals surface area contributed by atoms with Crippen LogP contribution in [0, 0.1) is 5.41 Å². The molecule has 1 aromatic carbocycles. The van der Waals surface area contributed by atoms with Gasteiger partial charge in [-0.05, 0) is 13.8 Å². The molecule has 0 atom stereocenters. The number of rotatable bonds is 2. The highest BCUT2D eigenvalue weighted by molar-refractivity contribution is 6.44. The first-order chi connectivity index (χ1) is 10.9. The predicted octanol–water partition coefficient (Wildman–Crippen LogP) is 1.36. The molecule has 0 aromatic heterocycles. The van der Waals surface area contributed by atoms with E-state index in [-0.39, 0.29) is 29.0 Å². The van der Waals surface area contributed by atoms with Gasteiger partial charge in [0.1, 0.15) is 0 Å². The van der Waals surface area contributed by atoms with Gasteiger partial charge in [0.15, 0.2) is 11.6 Å². The fraction of sp³-hybridized carbons (Fsp3) is 0.294. The van der Waals surface area contributed by atoms with Gasteiger partial charge in [-0.25, -0.2) is 4.79 Å². The van der Waals surface area contributed by atoms with E-state index in [1.54, 1.807) is 19.1 Å². The van der Waals surface area contributed by atoms with Crippen LogP contribution in [0.3, 0.4) is 0 Å². The number of esters is 1. The van der Waals surface area contributed by atoms with Crippen molar-refractivity contribution >= 4 is 23.4 Å². The van der Waals surface area contributed by atoms with E-state index in [4.69, 9.17) is 4.74 Å². The number of ether oxygens (including phenoxy) is 1. The highest BCUT2D eigenvalue weighted by atomic mass is 16.5. The maximum absolute atomic E-state index is 12.9. The molecule has 2 aliphatic rings. The van der Waals surface area contributed by atoms with Gasteiger partial charge in [-0.2, -0.15) is 0 Å². The largest absolute Gasteiger partial charge is 0.463 e. The van der Waals surface area contributed by atoms with Crippen molar-refractivity contribution in [3.8, 4) is 0 Å². The summed E-state index contributed by atoms with van der Waals surface area (Å²) in [5.41, 5.74) is -1.71. The van der Waals surface area contributed by atoms with Crippen molar-refractivity contribution in [3.05, 3.63) is 46.7 Å². The highest BCUT2D eigenvalue weighted by Crippen LogP contribution is 2.49. The van der Waals surface area contributed by atoms with Crippen LogP contribution in [0.1, 0.15) is 34.6 Å². The Balaban J connectivity index is 2.29. The monoisotopic (exact) mass is 313 g/mol. The van der Waals surface area contributed by atoms with E-state index in [9.17, 15) is 19.2 Å². The third kappa shape index (κ3) is 1.63. The number of allylic oxidation sites excluding steroid dienone is 1. The number of amides is 1. The minimum Gasteiger partial charge on any atom is -0.463 e. The molecule has 0 unspecified atom stereocenters. The Morgan fingerprint density at radius 3 is 2.13 bits per heavy atom. The lowest BCUT2D eigenvalue weighted by Gasteiger charge is -2.21. The van der Waals surface area contributed by atoms with Crippen molar-refractivity contribution in [1.29, 1.82) is 0 Å². The minimum absolute atomic E-state index is 0.0823. The summed E-state index contributed by atoms with van der Waals surface area (Å²) in [6.07, 6.45) is 0. The molecular formula is C17H15NO5. The van der Waals surface area contributed by atoms with Gasteiger partial charge in [-0.1, -0.05) is 24.3 Å². The highest BCUT2D eigenvalue weighted by Gasteiger charge is 2.67. The van der Waals surface area contributed by atoms with Gasteiger partial charge in [0, 0.05) is 23.9 Å². The number of fused-ring (bicyclic) bond motifs is 1. The molecule has 6 heteroatoms. The van der Waals surface area contributed by atoms with Gasteiger partial charge in [0.2, 0.25) is 5.41 Å². The lowest BCUT2D eigenvalue weighted by atomic mass is 9.76. The van der Waals surface area contributed by atoms with Crippen LogP contribution in [0.15, 0.2) is 35.5 Å². The molecular weight excluding hydrogens is 298 g/mol. The second-order valence-electron chi connectivity index (χ2n) is 5.50. The van der Waals surface area contributed by atoms with E-state index >= 15 is 0 Å². The van der Waals surface area contributed by atoms with Crippen LogP contribution in [0.2, 0.25) is 0 Å². The number of hydrogen-bond acceptors (Lipinski definition) is 5. The number of carbonyl (C=O) groups excluding carboxylic acids is 4. The molecule has 0 bridgehead atoms. The van der Waals surface area contributed by atoms with Gasteiger partial charge in [-0.15, -0.1) is 0 Å². The summed E-state index contributed by atoms with van der Waals surface area (Å²) < 4.78 is 4.99. The van der Waals surface area contributed by atoms with E-state index in [0.29, 0.717) is 0 Å². The lowest BCUT2D eigenvalue weighted by molar-refractivity contribution is -0.141. The van der Waals surface area contributed by atoms with Crippen molar-refractivity contribution in [2.75, 3.05) is 13.7 Å². The molecule has 1 amide bonds. The van der Waals surface area contributed by atoms with E-state index in [2.05, 4.69) is 0 Å². The Morgan fingerprint density at radius 2 is 1.65 bits per heavy atom. The van der Waals surface area contributed by atoms with Gasteiger partial charge >= 0.3 is 5.97 Å². The summed E-state index contributed by atoms with van der Waals surface area (Å²) >= 11 is 0. The van der Waals surface area contributed by atoms with Crippen LogP contribution in [-0.4, -0.2) is 42.0 Å². The van der Waals surface area contributed by atoms with Crippen LogP contribution in [0.4, 0.5) is 0 Å². The van der Waals surface area contributed by atoms with Crippen LogP contribution < -0.4 is 0 Å². The molecule has 1 heterocycles. The molecule has 1 aliphatic carbocycles. The van der Waals surface area contributed by atoms with Crippen molar-refractivity contribution in [2.24, 2.45) is 5.41 Å². The average molecular weight is 313 g/mol. The molecule has 0 saturated heterocycles. The predicted molar refractivity (Wildman–Crippen MR) is 79.6 cm³/mol. The van der Waals surface area contributed by atoms with E-state index in [1.165, 1.54) is 31.0 Å². The molecule has 118 valence electrons. The molecule has 0 N–H and O–H groups in total. The maximum atomic E-state index is 12.9. The number of nitrogens with zero attached hydrogens (tertiary/aromatic N) is 1. The van der Waals surface area contributed by atoms with Gasteiger partial charge in [0.25, 0.3) is 5.91 Å². The maximum Gasteiger partial charge on any atom is 0.337 e. The fourth-order valence-corrected chi connectivity index (χ4v) is 3.26. The van der Waals surface area contributed by atoms with Gasteiger partial charge in [-0.3, -0.25) is 14.4 Å². The number of Topliss-reactive ketones (excluding diaryl/α,β-unsaturated/α-hetero) is 2. The molecule has 0 saturated carbocycles. The smallest absolute Gasteiger partial charge is 0.337 e. The zero-order valence-corrected chi connectivity index (χ0v) is 13.0. The number of benzene rings is 1. The van der Waals surface area contributed by atoms with Gasteiger partial charge < -0.3 is 9.64 Å². The summed E-state index contributed by atoms with van der Waals surface area (Å²) in [7, 11) is 1.44. The third-order valence-corrected chi connectivity index (χ3v) is 4.44. The fourth-order valence-electron chi connectivity index (χ4n) is 3.26. The molecule has 0 radical (unpaired) electrons. The second kappa shape index (κ2) is 4.87. The molecule has 1 aromatic rings. The summed E-state index contributed by atoms with van der Waals surface area (Å²) in [4.78, 5) is 52.2. The van der Waals surface area contributed by atoms with Crippen molar-refractivity contribution < 1.29 is 23.9 Å². The first kappa shape index (κ1) is 15.1. The third-order valence-electron chi connectivity index (χ3n) is 4.44. The average Bonchev–Trinajstić information content (AvgIpc) is 2.88. The Morgan fingerprint density at radius 1 is 1.13 bits per heavy atom. The lowest BCUT2D eigenvalue weighted by Crippen LogP contribution is -2.46. The second-order valence-corrected chi connectivity index (χ2v) is 5.50.